The predicted octanol–water partition coefficient (Wildman–Crippen LogP) is 4.77. The molecule has 1 N–H and O–H groups in total. The summed E-state index contributed by atoms with van der Waals surface area (Å²) in [6.07, 6.45) is 5.09. The number of carbonyl (C=O) groups is 1. The van der Waals surface area contributed by atoms with E-state index in [1.54, 1.807) is 60.9 Å². The molecule has 0 aliphatic rings. The zero-order chi connectivity index (χ0) is 23.3. The average Bonchev–Trinajstić information content (AvgIpc) is 3.28. The number of furan rings is 1. The third kappa shape index (κ3) is 5.23. The number of nitrogens with zero attached hydrogens (tertiary/aromatic N) is 1. The number of amides is 1. The molecule has 0 unspecified atom stereocenters. The van der Waals surface area contributed by atoms with Crippen LogP contribution in [0.1, 0.15) is 35.9 Å². The van der Waals surface area contributed by atoms with Gasteiger partial charge >= 0.3 is 0 Å². The van der Waals surface area contributed by atoms with Crippen LogP contribution in [0.4, 0.5) is 0 Å². The van der Waals surface area contributed by atoms with Gasteiger partial charge in [0.15, 0.2) is 11.3 Å². The third-order valence-electron chi connectivity index (χ3n) is 5.12. The summed E-state index contributed by atoms with van der Waals surface area (Å²) in [5.74, 6) is 0.367. The zero-order valence-electron chi connectivity index (χ0n) is 18.2. The summed E-state index contributed by atoms with van der Waals surface area (Å²) in [5.41, 5.74) is 1.30. The van der Waals surface area contributed by atoms with Gasteiger partial charge in [0.25, 0.3) is 5.91 Å². The van der Waals surface area contributed by atoms with E-state index in [0.29, 0.717) is 17.9 Å². The number of rotatable bonds is 9. The number of unbranched alkanes of at least 4 members (excludes halogenated alkanes) is 1. The average molecular weight is 465 g/mol. The van der Waals surface area contributed by atoms with Crippen molar-refractivity contribution >= 4 is 26.7 Å². The van der Waals surface area contributed by atoms with Gasteiger partial charge in [-0.2, -0.15) is 0 Å². The van der Waals surface area contributed by atoms with Crippen molar-refractivity contribution in [3.05, 3.63) is 84.4 Å². The van der Waals surface area contributed by atoms with Crippen molar-refractivity contribution in [2.45, 2.75) is 36.1 Å². The minimum atomic E-state index is -3.69. The first kappa shape index (κ1) is 22.5. The second-order valence-electron chi connectivity index (χ2n) is 7.53. The van der Waals surface area contributed by atoms with E-state index in [1.165, 1.54) is 12.1 Å². The van der Waals surface area contributed by atoms with Crippen LogP contribution in [-0.2, 0) is 16.4 Å². The first-order chi connectivity index (χ1) is 16.0. The van der Waals surface area contributed by atoms with Crippen LogP contribution in [0.5, 0.6) is 5.75 Å². The molecule has 0 fully saturated rings. The Hall–Kier alpha value is -3.65. The lowest BCUT2D eigenvalue weighted by Crippen LogP contribution is -2.22. The predicted molar refractivity (Wildman–Crippen MR) is 124 cm³/mol. The number of nitrogens with one attached hydrogen (secondary N) is 1. The molecule has 0 bridgehead atoms. The summed E-state index contributed by atoms with van der Waals surface area (Å²) >= 11 is 0. The lowest BCUT2D eigenvalue weighted by Gasteiger charge is -2.09. The van der Waals surface area contributed by atoms with Crippen LogP contribution in [0.25, 0.3) is 11.0 Å². The molecule has 2 aromatic heterocycles. The van der Waals surface area contributed by atoms with Crippen molar-refractivity contribution in [3.8, 4) is 5.75 Å². The summed E-state index contributed by atoms with van der Waals surface area (Å²) in [7, 11) is -3.69. The topological polar surface area (TPSA) is 98.5 Å². The molecule has 0 atom stereocenters. The van der Waals surface area contributed by atoms with Crippen LogP contribution < -0.4 is 10.1 Å². The zero-order valence-corrected chi connectivity index (χ0v) is 19.0. The normalized spacial score (nSPS) is 11.4. The van der Waals surface area contributed by atoms with Gasteiger partial charge in [0, 0.05) is 18.1 Å². The van der Waals surface area contributed by atoms with Crippen molar-refractivity contribution in [1.82, 2.24) is 10.3 Å². The molecule has 0 aliphatic carbocycles. The van der Waals surface area contributed by atoms with Gasteiger partial charge in [0.05, 0.1) is 22.6 Å². The molecular formula is C25H24N2O5S. The van der Waals surface area contributed by atoms with E-state index < -0.39 is 9.84 Å². The van der Waals surface area contributed by atoms with Gasteiger partial charge in [0.1, 0.15) is 5.75 Å². The Labute approximate surface area is 192 Å². The molecule has 7 nitrogen and oxygen atoms in total. The van der Waals surface area contributed by atoms with E-state index in [9.17, 15) is 13.2 Å². The summed E-state index contributed by atoms with van der Waals surface area (Å²) < 4.78 is 37.2. The van der Waals surface area contributed by atoms with Gasteiger partial charge in [-0.05, 0) is 54.4 Å². The fourth-order valence-electron chi connectivity index (χ4n) is 3.25. The maximum absolute atomic E-state index is 13.0. The summed E-state index contributed by atoms with van der Waals surface area (Å²) in [5, 5.41) is 3.57. The lowest BCUT2D eigenvalue weighted by atomic mass is 10.2. The third-order valence-corrected chi connectivity index (χ3v) is 6.88. The lowest BCUT2D eigenvalue weighted by molar-refractivity contribution is 0.0925. The summed E-state index contributed by atoms with van der Waals surface area (Å²) in [4.78, 5) is 16.7. The van der Waals surface area contributed by atoms with Crippen molar-refractivity contribution in [2.75, 3.05) is 6.61 Å². The number of carbonyl (C=O) groups excluding carboxylic acids is 1. The Morgan fingerprint density at radius 3 is 2.64 bits per heavy atom. The molecule has 8 heteroatoms. The number of aromatic nitrogens is 1. The van der Waals surface area contributed by atoms with E-state index >= 15 is 0 Å². The monoisotopic (exact) mass is 464 g/mol. The molecule has 2 aromatic carbocycles. The van der Waals surface area contributed by atoms with Crippen molar-refractivity contribution in [2.24, 2.45) is 0 Å². The molecule has 2 heterocycles. The highest BCUT2D eigenvalue weighted by atomic mass is 32.2. The number of hydrogen-bond acceptors (Lipinski definition) is 6. The van der Waals surface area contributed by atoms with Crippen LogP contribution in [0.15, 0.2) is 87.3 Å². The number of fused-ring (bicyclic) bond motifs is 1. The highest BCUT2D eigenvalue weighted by molar-refractivity contribution is 7.91. The Morgan fingerprint density at radius 1 is 1.06 bits per heavy atom. The SMILES string of the molecule is CCCCOc1cccc(S(=O)(=O)c2ccc(CNC(=O)c3cc4ccncc4o3)cc2)c1. The minimum Gasteiger partial charge on any atom is -0.494 e. The molecule has 0 saturated heterocycles. The molecule has 170 valence electrons. The van der Waals surface area contributed by atoms with Crippen LogP contribution in [0.2, 0.25) is 0 Å². The van der Waals surface area contributed by atoms with Gasteiger partial charge < -0.3 is 14.5 Å². The van der Waals surface area contributed by atoms with Crippen molar-refractivity contribution < 1.29 is 22.4 Å². The number of hydrogen-bond donors (Lipinski definition) is 1. The second-order valence-corrected chi connectivity index (χ2v) is 9.48. The van der Waals surface area contributed by atoms with E-state index in [0.717, 1.165) is 23.8 Å². The maximum atomic E-state index is 13.0. The smallest absolute Gasteiger partial charge is 0.287 e. The van der Waals surface area contributed by atoms with Crippen LogP contribution >= 0.6 is 0 Å². The Kier molecular flexibility index (Phi) is 6.74. The number of ether oxygens (including phenoxy) is 1. The highest BCUT2D eigenvalue weighted by Gasteiger charge is 2.18. The molecule has 0 radical (unpaired) electrons. The Bertz CT molecular complexity index is 1330. The molecule has 0 saturated carbocycles. The van der Waals surface area contributed by atoms with Crippen LogP contribution in [0, 0.1) is 0 Å². The molecule has 0 aliphatic heterocycles. The largest absolute Gasteiger partial charge is 0.494 e. The number of pyridine rings is 1. The van der Waals surface area contributed by atoms with Gasteiger partial charge in [0.2, 0.25) is 9.84 Å². The first-order valence-electron chi connectivity index (χ1n) is 10.7. The standard InChI is InChI=1S/C25H24N2O5S/c1-2-3-13-31-20-5-4-6-22(15-20)33(29,30)21-9-7-18(8-10-21)16-27-25(28)23-14-19-11-12-26-17-24(19)32-23/h4-12,14-15,17H,2-3,13,16H2,1H3,(H,27,28). The van der Waals surface area contributed by atoms with E-state index in [4.69, 9.17) is 9.15 Å². The number of benzene rings is 2. The summed E-state index contributed by atoms with van der Waals surface area (Å²) in [6.45, 7) is 2.84. The molecule has 4 rings (SSSR count). The molecule has 4 aromatic rings. The van der Waals surface area contributed by atoms with Crippen LogP contribution in [0.3, 0.4) is 0 Å². The fraction of sp³-hybridized carbons (Fsp3) is 0.200. The molecule has 33 heavy (non-hydrogen) atoms. The quantitative estimate of drug-likeness (QED) is 0.358. The minimum absolute atomic E-state index is 0.174. The van der Waals surface area contributed by atoms with Gasteiger partial charge in [-0.25, -0.2) is 8.42 Å². The van der Waals surface area contributed by atoms with Gasteiger partial charge in [-0.3, -0.25) is 9.78 Å². The van der Waals surface area contributed by atoms with Gasteiger partial charge in [-0.1, -0.05) is 31.5 Å². The Balaban J connectivity index is 1.42. The van der Waals surface area contributed by atoms with E-state index in [-0.39, 0.29) is 28.0 Å². The van der Waals surface area contributed by atoms with Crippen molar-refractivity contribution in [1.29, 1.82) is 0 Å². The van der Waals surface area contributed by atoms with Crippen LogP contribution in [-0.4, -0.2) is 25.9 Å². The van der Waals surface area contributed by atoms with E-state index in [2.05, 4.69) is 17.2 Å². The van der Waals surface area contributed by atoms with Gasteiger partial charge in [-0.15, -0.1) is 0 Å². The molecule has 0 spiro atoms. The second kappa shape index (κ2) is 9.87. The fourth-order valence-corrected chi connectivity index (χ4v) is 4.55. The molecule has 1 amide bonds. The number of sulfone groups is 1. The highest BCUT2D eigenvalue weighted by Crippen LogP contribution is 2.25. The van der Waals surface area contributed by atoms with E-state index in [1.807, 2.05) is 0 Å². The first-order valence-corrected chi connectivity index (χ1v) is 12.1. The molecular weight excluding hydrogens is 440 g/mol. The summed E-state index contributed by atoms with van der Waals surface area (Å²) in [6, 6.07) is 16.4. The van der Waals surface area contributed by atoms with Crippen molar-refractivity contribution in [3.63, 3.8) is 0 Å². The maximum Gasteiger partial charge on any atom is 0.287 e. The Morgan fingerprint density at radius 2 is 1.88 bits per heavy atom.